The molecule has 8 nitrogen and oxygen atoms in total. The van der Waals surface area contributed by atoms with Crippen molar-refractivity contribution >= 4 is 17.3 Å². The monoisotopic (exact) mass is 281 g/mol. The van der Waals surface area contributed by atoms with Crippen LogP contribution in [-0.4, -0.2) is 48.2 Å². The third-order valence-corrected chi connectivity index (χ3v) is 3.32. The summed E-state index contributed by atoms with van der Waals surface area (Å²) in [5.74, 6) is 1.05. The third kappa shape index (κ3) is 2.96. The summed E-state index contributed by atoms with van der Waals surface area (Å²) >= 11 is 0. The van der Waals surface area contributed by atoms with Gasteiger partial charge < -0.3 is 15.0 Å². The van der Waals surface area contributed by atoms with Crippen molar-refractivity contribution in [2.24, 2.45) is 5.92 Å². The first-order valence-corrected chi connectivity index (χ1v) is 6.64. The van der Waals surface area contributed by atoms with Crippen LogP contribution in [0.15, 0.2) is 6.33 Å². The summed E-state index contributed by atoms with van der Waals surface area (Å²) in [6, 6.07) is 0. The molecule has 0 spiro atoms. The molecule has 2 rings (SSSR count). The molecule has 1 fully saturated rings. The molecule has 0 bridgehead atoms. The van der Waals surface area contributed by atoms with Gasteiger partial charge in [0.05, 0.1) is 11.5 Å². The molecule has 110 valence electrons. The second-order valence-electron chi connectivity index (χ2n) is 4.74. The van der Waals surface area contributed by atoms with E-state index >= 15 is 0 Å². The largest absolute Gasteiger partial charge is 0.384 e. The van der Waals surface area contributed by atoms with Gasteiger partial charge in [0.25, 0.3) is 0 Å². The number of nitrogens with zero attached hydrogens (tertiary/aromatic N) is 4. The first-order valence-electron chi connectivity index (χ1n) is 6.64. The van der Waals surface area contributed by atoms with E-state index in [1.165, 1.54) is 6.33 Å². The number of rotatable bonds is 6. The number of anilines is 2. The number of aromatic nitrogens is 2. The van der Waals surface area contributed by atoms with Crippen molar-refractivity contribution in [1.29, 1.82) is 0 Å². The van der Waals surface area contributed by atoms with E-state index in [2.05, 4.69) is 15.3 Å². The van der Waals surface area contributed by atoms with Crippen molar-refractivity contribution in [3.63, 3.8) is 0 Å². The minimum absolute atomic E-state index is 0.0487. The molecule has 20 heavy (non-hydrogen) atoms. The summed E-state index contributed by atoms with van der Waals surface area (Å²) in [6.45, 7) is 4.57. The lowest BCUT2D eigenvalue weighted by Gasteiger charge is -2.18. The molecule has 0 saturated carbocycles. The first-order chi connectivity index (χ1) is 9.67. The fourth-order valence-electron chi connectivity index (χ4n) is 2.46. The van der Waals surface area contributed by atoms with Gasteiger partial charge in [-0.05, 0) is 13.3 Å². The molecule has 1 aliphatic rings. The Balaban J connectivity index is 2.27. The van der Waals surface area contributed by atoms with Gasteiger partial charge in [0.15, 0.2) is 0 Å². The highest BCUT2D eigenvalue weighted by Crippen LogP contribution is 2.34. The van der Waals surface area contributed by atoms with Gasteiger partial charge in [0.1, 0.15) is 6.33 Å². The van der Waals surface area contributed by atoms with Crippen LogP contribution in [0.5, 0.6) is 0 Å². The first kappa shape index (κ1) is 14.4. The van der Waals surface area contributed by atoms with E-state index in [0.717, 1.165) is 19.5 Å². The minimum atomic E-state index is -0.420. The molecular weight excluding hydrogens is 262 g/mol. The van der Waals surface area contributed by atoms with E-state index in [9.17, 15) is 10.1 Å². The Morgan fingerprint density at radius 2 is 2.40 bits per heavy atom. The SMILES string of the molecule is CCNc1ncnc(N2CCC(COC)C2)c1[N+](=O)[O-]. The van der Waals surface area contributed by atoms with Gasteiger partial charge in [-0.25, -0.2) is 9.97 Å². The number of ether oxygens (including phenoxy) is 1. The van der Waals surface area contributed by atoms with Crippen LogP contribution in [0.3, 0.4) is 0 Å². The Morgan fingerprint density at radius 3 is 3.05 bits per heavy atom. The number of hydrogen-bond donors (Lipinski definition) is 1. The lowest BCUT2D eigenvalue weighted by molar-refractivity contribution is -0.383. The fourth-order valence-corrected chi connectivity index (χ4v) is 2.46. The topological polar surface area (TPSA) is 93.4 Å². The Morgan fingerprint density at radius 1 is 1.60 bits per heavy atom. The van der Waals surface area contributed by atoms with Crippen LogP contribution >= 0.6 is 0 Å². The minimum Gasteiger partial charge on any atom is -0.384 e. The molecule has 8 heteroatoms. The van der Waals surface area contributed by atoms with Crippen LogP contribution < -0.4 is 10.2 Å². The highest BCUT2D eigenvalue weighted by molar-refractivity contribution is 5.70. The molecule has 1 aromatic heterocycles. The molecular formula is C12H19N5O3. The van der Waals surface area contributed by atoms with Gasteiger partial charge in [0, 0.05) is 32.7 Å². The normalized spacial score (nSPS) is 18.3. The van der Waals surface area contributed by atoms with Crippen LogP contribution in [0.25, 0.3) is 0 Å². The Labute approximate surface area is 117 Å². The third-order valence-electron chi connectivity index (χ3n) is 3.32. The standard InChI is InChI=1S/C12H19N5O3/c1-3-13-11-10(17(18)19)12(15-8-14-11)16-5-4-9(6-16)7-20-2/h8-9H,3-7H2,1-2H3,(H,13,14,15). The summed E-state index contributed by atoms with van der Waals surface area (Å²) < 4.78 is 5.14. The van der Waals surface area contributed by atoms with E-state index in [1.54, 1.807) is 7.11 Å². The molecule has 0 amide bonds. The van der Waals surface area contributed by atoms with E-state index in [-0.39, 0.29) is 11.5 Å². The van der Waals surface area contributed by atoms with E-state index in [0.29, 0.717) is 24.9 Å². The van der Waals surface area contributed by atoms with Crippen molar-refractivity contribution < 1.29 is 9.66 Å². The summed E-state index contributed by atoms with van der Waals surface area (Å²) in [5, 5.41) is 14.2. The zero-order valence-electron chi connectivity index (χ0n) is 11.7. The van der Waals surface area contributed by atoms with Gasteiger partial charge in [-0.2, -0.15) is 0 Å². The van der Waals surface area contributed by atoms with Crippen LogP contribution in [0, 0.1) is 16.0 Å². The average Bonchev–Trinajstić information content (AvgIpc) is 2.87. The molecule has 0 aromatic carbocycles. The molecule has 1 aliphatic heterocycles. The smallest absolute Gasteiger partial charge is 0.353 e. The summed E-state index contributed by atoms with van der Waals surface area (Å²) in [7, 11) is 1.67. The van der Waals surface area contributed by atoms with Gasteiger partial charge in [-0.1, -0.05) is 0 Å². The predicted molar refractivity (Wildman–Crippen MR) is 75.0 cm³/mol. The van der Waals surface area contributed by atoms with Crippen molar-refractivity contribution in [3.8, 4) is 0 Å². The van der Waals surface area contributed by atoms with Gasteiger partial charge in [-0.15, -0.1) is 0 Å². The maximum Gasteiger partial charge on any atom is 0.353 e. The molecule has 0 radical (unpaired) electrons. The van der Waals surface area contributed by atoms with E-state index in [4.69, 9.17) is 4.74 Å². The predicted octanol–water partition coefficient (Wildman–Crippen LogP) is 1.29. The maximum absolute atomic E-state index is 11.3. The van der Waals surface area contributed by atoms with Crippen molar-refractivity contribution in [1.82, 2.24) is 9.97 Å². The highest BCUT2D eigenvalue weighted by Gasteiger charge is 2.31. The van der Waals surface area contributed by atoms with Crippen molar-refractivity contribution in [2.75, 3.05) is 43.6 Å². The Bertz CT molecular complexity index is 482. The Kier molecular flexibility index (Phi) is 4.67. The quantitative estimate of drug-likeness (QED) is 0.620. The molecule has 2 heterocycles. The molecule has 0 aliphatic carbocycles. The highest BCUT2D eigenvalue weighted by atomic mass is 16.6. The summed E-state index contributed by atoms with van der Waals surface area (Å²) in [4.78, 5) is 20.9. The molecule has 1 aromatic rings. The van der Waals surface area contributed by atoms with Crippen molar-refractivity contribution in [2.45, 2.75) is 13.3 Å². The van der Waals surface area contributed by atoms with Crippen LogP contribution in [0.2, 0.25) is 0 Å². The lowest BCUT2D eigenvalue weighted by Crippen LogP contribution is -2.23. The molecule has 1 N–H and O–H groups in total. The number of hydrogen-bond acceptors (Lipinski definition) is 7. The maximum atomic E-state index is 11.3. The van der Waals surface area contributed by atoms with E-state index < -0.39 is 4.92 Å². The van der Waals surface area contributed by atoms with E-state index in [1.807, 2.05) is 11.8 Å². The summed E-state index contributed by atoms with van der Waals surface area (Å²) in [6.07, 6.45) is 2.31. The zero-order chi connectivity index (χ0) is 14.5. The Hall–Kier alpha value is -1.96. The average molecular weight is 281 g/mol. The molecule has 1 unspecified atom stereocenters. The molecule has 1 saturated heterocycles. The van der Waals surface area contributed by atoms with Gasteiger partial charge in [0.2, 0.25) is 11.6 Å². The fraction of sp³-hybridized carbons (Fsp3) is 0.667. The lowest BCUT2D eigenvalue weighted by atomic mass is 10.1. The molecule has 1 atom stereocenters. The zero-order valence-corrected chi connectivity index (χ0v) is 11.7. The van der Waals surface area contributed by atoms with Gasteiger partial charge >= 0.3 is 5.69 Å². The van der Waals surface area contributed by atoms with Crippen molar-refractivity contribution in [3.05, 3.63) is 16.4 Å². The van der Waals surface area contributed by atoms with Gasteiger partial charge in [-0.3, -0.25) is 10.1 Å². The number of nitrogens with one attached hydrogen (secondary N) is 1. The van der Waals surface area contributed by atoms with Crippen LogP contribution in [0.4, 0.5) is 17.3 Å². The summed E-state index contributed by atoms with van der Waals surface area (Å²) in [5.41, 5.74) is -0.0487. The number of methoxy groups -OCH3 is 1. The second-order valence-corrected chi connectivity index (χ2v) is 4.74. The number of nitro groups is 1. The van der Waals surface area contributed by atoms with Crippen LogP contribution in [-0.2, 0) is 4.74 Å². The van der Waals surface area contributed by atoms with Crippen LogP contribution in [0.1, 0.15) is 13.3 Å². The second kappa shape index (κ2) is 6.47.